The van der Waals surface area contributed by atoms with Gasteiger partial charge in [0.25, 0.3) is 0 Å². The number of carbonyl (C=O) groups is 1. The van der Waals surface area contributed by atoms with Crippen molar-refractivity contribution in [1.29, 1.82) is 0 Å². The second-order valence-corrected chi connectivity index (χ2v) is 17.7. The van der Waals surface area contributed by atoms with E-state index in [4.69, 9.17) is 18.9 Å². The molecule has 0 amide bonds. The van der Waals surface area contributed by atoms with Crippen molar-refractivity contribution in [1.82, 2.24) is 0 Å². The first-order chi connectivity index (χ1) is 30.6. The molecule has 6 atom stereocenters. The third-order valence-electron chi connectivity index (χ3n) is 10.9. The number of ether oxygens (including phenoxy) is 4. The van der Waals surface area contributed by atoms with Crippen LogP contribution in [0.4, 0.5) is 0 Å². The molecular weight excluding hydrogens is 825 g/mol. The molecule has 0 radical (unpaired) electrons. The first-order valence-electron chi connectivity index (χ1n) is 24.5. The van der Waals surface area contributed by atoms with Gasteiger partial charge in [0.1, 0.15) is 30.5 Å². The Morgan fingerprint density at radius 2 is 1.10 bits per heavy atom. The van der Waals surface area contributed by atoms with Crippen molar-refractivity contribution in [2.45, 2.75) is 224 Å². The van der Waals surface area contributed by atoms with E-state index in [1.807, 2.05) is 0 Å². The predicted molar refractivity (Wildman–Crippen MR) is 253 cm³/mol. The van der Waals surface area contributed by atoms with Crippen LogP contribution in [0.3, 0.4) is 0 Å². The van der Waals surface area contributed by atoms with Crippen LogP contribution in [0.2, 0.25) is 0 Å². The van der Waals surface area contributed by atoms with Crippen molar-refractivity contribution in [2.75, 3.05) is 26.4 Å². The Kier molecular flexibility index (Phi) is 38.5. The molecule has 1 heterocycles. The maximum atomic E-state index is 12.9. The highest BCUT2D eigenvalue weighted by Gasteiger charge is 2.48. The number of hydrogen-bond acceptors (Lipinski definition) is 11. The average molecular weight is 913 g/mol. The molecule has 1 rings (SSSR count). The van der Waals surface area contributed by atoms with Gasteiger partial charge in [0.2, 0.25) is 0 Å². The van der Waals surface area contributed by atoms with Gasteiger partial charge < -0.3 is 34.3 Å². The summed E-state index contributed by atoms with van der Waals surface area (Å²) < 4.78 is 59.2. The van der Waals surface area contributed by atoms with Crippen molar-refractivity contribution in [3.05, 3.63) is 60.8 Å². The van der Waals surface area contributed by atoms with E-state index in [0.29, 0.717) is 13.0 Å². The first kappa shape index (κ1) is 58.8. The summed E-state index contributed by atoms with van der Waals surface area (Å²) in [6, 6.07) is 0. The predicted octanol–water partition coefficient (Wildman–Crippen LogP) is 10.9. The van der Waals surface area contributed by atoms with Gasteiger partial charge >= 0.3 is 16.4 Å². The van der Waals surface area contributed by atoms with E-state index in [0.717, 1.165) is 77.0 Å². The molecular formula is C50H88O12S. The molecule has 4 N–H and O–H groups in total. The van der Waals surface area contributed by atoms with Crippen molar-refractivity contribution in [2.24, 2.45) is 0 Å². The number of esters is 1. The third-order valence-corrected chi connectivity index (χ3v) is 11.3. The zero-order valence-electron chi connectivity index (χ0n) is 39.1. The lowest BCUT2D eigenvalue weighted by atomic mass is 9.99. The monoisotopic (exact) mass is 913 g/mol. The van der Waals surface area contributed by atoms with Crippen molar-refractivity contribution in [3.8, 4) is 0 Å². The molecule has 0 bridgehead atoms. The van der Waals surface area contributed by atoms with Gasteiger partial charge in [-0.15, -0.1) is 0 Å². The summed E-state index contributed by atoms with van der Waals surface area (Å²) in [4.78, 5) is 12.9. The molecule has 0 aromatic carbocycles. The number of allylic oxidation sites excluding steroid dienone is 10. The molecule has 366 valence electrons. The topological polar surface area (TPSA) is 178 Å². The minimum Gasteiger partial charge on any atom is -0.457 e. The summed E-state index contributed by atoms with van der Waals surface area (Å²) in [6.07, 6.45) is 42.4. The van der Waals surface area contributed by atoms with Crippen LogP contribution in [0.5, 0.6) is 0 Å². The van der Waals surface area contributed by atoms with Gasteiger partial charge in [-0.3, -0.25) is 9.35 Å². The largest absolute Gasteiger partial charge is 0.457 e. The van der Waals surface area contributed by atoms with E-state index >= 15 is 0 Å². The second-order valence-electron chi connectivity index (χ2n) is 16.7. The Balaban J connectivity index is 2.40. The van der Waals surface area contributed by atoms with Crippen LogP contribution in [0.15, 0.2) is 60.8 Å². The number of aliphatic hydroxyl groups is 3. The lowest BCUT2D eigenvalue weighted by Crippen LogP contribution is -2.60. The molecule has 1 aliphatic heterocycles. The molecule has 12 nitrogen and oxygen atoms in total. The van der Waals surface area contributed by atoms with Gasteiger partial charge in [0.05, 0.1) is 19.8 Å². The molecule has 1 saturated heterocycles. The summed E-state index contributed by atoms with van der Waals surface area (Å²) in [5.41, 5.74) is 0. The van der Waals surface area contributed by atoms with E-state index < -0.39 is 59.8 Å². The average Bonchev–Trinajstić information content (AvgIpc) is 3.26. The summed E-state index contributed by atoms with van der Waals surface area (Å²) in [5.74, 6) is -0.411. The molecule has 0 saturated carbocycles. The Morgan fingerprint density at radius 1 is 0.619 bits per heavy atom. The third kappa shape index (κ3) is 34.8. The first-order valence-corrected chi connectivity index (χ1v) is 25.9. The van der Waals surface area contributed by atoms with Crippen LogP contribution < -0.4 is 0 Å². The van der Waals surface area contributed by atoms with E-state index in [1.165, 1.54) is 83.5 Å². The van der Waals surface area contributed by atoms with Crippen molar-refractivity contribution < 1.29 is 56.2 Å². The minimum atomic E-state index is -5.07. The van der Waals surface area contributed by atoms with Gasteiger partial charge in [-0.2, -0.15) is 8.42 Å². The quantitative estimate of drug-likeness (QED) is 0.0197. The number of unbranched alkanes of at least 4 members (excludes halogenated alkanes) is 19. The Labute approximate surface area is 382 Å². The van der Waals surface area contributed by atoms with Crippen LogP contribution in [-0.4, -0.2) is 97.5 Å². The van der Waals surface area contributed by atoms with E-state index in [1.54, 1.807) is 0 Å². The fraction of sp³-hybridized carbons (Fsp3) is 0.780. The Hall–Kier alpha value is -2.20. The Bertz CT molecular complexity index is 1330. The Morgan fingerprint density at radius 3 is 1.60 bits per heavy atom. The normalized spacial score (nSPS) is 20.4. The number of hydrogen-bond donors (Lipinski definition) is 4. The van der Waals surface area contributed by atoms with Crippen LogP contribution in [0, 0.1) is 0 Å². The van der Waals surface area contributed by atoms with E-state index in [9.17, 15) is 33.1 Å². The van der Waals surface area contributed by atoms with Crippen LogP contribution >= 0.6 is 0 Å². The summed E-state index contributed by atoms with van der Waals surface area (Å²) >= 11 is 0. The molecule has 0 spiro atoms. The van der Waals surface area contributed by atoms with E-state index in [2.05, 4.69) is 78.8 Å². The maximum Gasteiger partial charge on any atom is 0.397 e. The summed E-state index contributed by atoms with van der Waals surface area (Å²) in [6.45, 7) is 3.84. The second kappa shape index (κ2) is 41.2. The van der Waals surface area contributed by atoms with Gasteiger partial charge in [-0.05, 0) is 77.0 Å². The highest BCUT2D eigenvalue weighted by molar-refractivity contribution is 7.80. The smallest absolute Gasteiger partial charge is 0.397 e. The fourth-order valence-electron chi connectivity index (χ4n) is 7.19. The van der Waals surface area contributed by atoms with E-state index in [-0.39, 0.29) is 19.6 Å². The fourth-order valence-corrected chi connectivity index (χ4v) is 7.70. The molecule has 0 aromatic heterocycles. The molecule has 0 aromatic rings. The SMILES string of the molecule is CC/C=C\C/C=C\C/C=C\CCCCCCCCCCOCC(COC1OC(CO)C(O)C(OS(=O)(=O)O)C1O)OC(=O)CCCCCCCCC/C=C\C/C=C\CCCCCC. The molecule has 1 aliphatic rings. The number of carbonyl (C=O) groups excluding carboxylic acids is 1. The highest BCUT2D eigenvalue weighted by atomic mass is 32.3. The molecule has 1 fully saturated rings. The maximum absolute atomic E-state index is 12.9. The highest BCUT2D eigenvalue weighted by Crippen LogP contribution is 2.26. The molecule has 0 aliphatic carbocycles. The van der Waals surface area contributed by atoms with Gasteiger partial charge in [0.15, 0.2) is 6.29 Å². The molecule has 63 heavy (non-hydrogen) atoms. The van der Waals surface area contributed by atoms with Gasteiger partial charge in [-0.1, -0.05) is 164 Å². The van der Waals surface area contributed by atoms with Gasteiger partial charge in [-0.25, -0.2) is 4.18 Å². The lowest BCUT2D eigenvalue weighted by molar-refractivity contribution is -0.301. The van der Waals surface area contributed by atoms with Crippen molar-refractivity contribution in [3.63, 3.8) is 0 Å². The number of rotatable bonds is 42. The number of aliphatic hydroxyl groups excluding tert-OH is 3. The van der Waals surface area contributed by atoms with Gasteiger partial charge in [0, 0.05) is 13.0 Å². The zero-order chi connectivity index (χ0) is 46.1. The minimum absolute atomic E-state index is 0.0254. The van der Waals surface area contributed by atoms with Crippen LogP contribution in [0.25, 0.3) is 0 Å². The standard InChI is InChI=1S/C50H88O12S/c1-3-5-7-9-11-13-15-17-19-21-23-25-27-29-31-33-35-37-39-46(52)60-44(43-59-50-48(54)49(62-63(55,56)57)47(53)45(41-51)61-50)42-58-40-38-36-34-32-30-28-26-24-22-20-18-16-14-12-10-8-6-4-2/h6,8,12-15,18-21,44-45,47-51,53-54H,3-5,7,9-11,16-17,22-43H2,1-2H3,(H,55,56,57)/b8-6-,14-12-,15-13-,20-18-,21-19-. The zero-order valence-corrected chi connectivity index (χ0v) is 39.9. The lowest BCUT2D eigenvalue weighted by Gasteiger charge is -2.41. The van der Waals surface area contributed by atoms with Crippen LogP contribution in [-0.2, 0) is 38.3 Å². The molecule has 13 heteroatoms. The van der Waals surface area contributed by atoms with Crippen LogP contribution in [0.1, 0.15) is 187 Å². The summed E-state index contributed by atoms with van der Waals surface area (Å²) in [7, 11) is -5.07. The summed E-state index contributed by atoms with van der Waals surface area (Å²) in [5, 5.41) is 30.7. The molecule has 6 unspecified atom stereocenters. The van der Waals surface area contributed by atoms with Crippen molar-refractivity contribution >= 4 is 16.4 Å².